The zero-order chi connectivity index (χ0) is 13.8. The molecule has 0 heterocycles. The molecule has 0 aromatic heterocycles. The van der Waals surface area contributed by atoms with E-state index in [1.807, 2.05) is 7.11 Å². The number of fused-ring (bicyclic) bond motifs is 1. The summed E-state index contributed by atoms with van der Waals surface area (Å²) in [5.74, 6) is 0. The molecule has 2 nitrogen and oxygen atoms in total. The molecule has 0 aliphatic heterocycles. The minimum atomic E-state index is 0.343. The molecule has 1 atom stereocenters. The molecule has 2 aliphatic carbocycles. The summed E-state index contributed by atoms with van der Waals surface area (Å²) in [6.07, 6.45) is 9.07. The van der Waals surface area contributed by atoms with Crippen LogP contribution < -0.4 is 5.32 Å². The van der Waals surface area contributed by atoms with Crippen molar-refractivity contribution >= 4 is 0 Å². The maximum Gasteiger partial charge on any atom is 0.0462 e. The Hall–Kier alpha value is -0.860. The summed E-state index contributed by atoms with van der Waals surface area (Å²) in [6, 6.07) is 9.90. The van der Waals surface area contributed by atoms with Crippen molar-refractivity contribution in [2.45, 2.75) is 56.4 Å². The van der Waals surface area contributed by atoms with Gasteiger partial charge in [0.2, 0.25) is 0 Å². The maximum absolute atomic E-state index is 5.28. The third-order valence-electron chi connectivity index (χ3n) is 5.00. The van der Waals surface area contributed by atoms with Crippen LogP contribution in [0, 0.1) is 0 Å². The van der Waals surface area contributed by atoms with Crippen LogP contribution in [0.15, 0.2) is 24.3 Å². The molecule has 1 unspecified atom stereocenters. The van der Waals surface area contributed by atoms with Gasteiger partial charge in [-0.25, -0.2) is 0 Å². The first-order valence-electron chi connectivity index (χ1n) is 8.15. The number of nitrogens with one attached hydrogen (secondary N) is 1. The number of hydrogen-bond donors (Lipinski definition) is 1. The first-order chi connectivity index (χ1) is 9.84. The van der Waals surface area contributed by atoms with Gasteiger partial charge in [0, 0.05) is 31.7 Å². The molecule has 20 heavy (non-hydrogen) atoms. The Labute approximate surface area is 122 Å². The second-order valence-corrected chi connectivity index (χ2v) is 6.54. The average Bonchev–Trinajstić information content (AvgIpc) is 3.30. The predicted molar refractivity (Wildman–Crippen MR) is 83.2 cm³/mol. The zero-order valence-corrected chi connectivity index (χ0v) is 12.7. The number of hydrogen-bond acceptors (Lipinski definition) is 2. The van der Waals surface area contributed by atoms with Gasteiger partial charge < -0.3 is 10.1 Å². The number of ether oxygens (including phenoxy) is 1. The van der Waals surface area contributed by atoms with E-state index in [2.05, 4.69) is 29.6 Å². The maximum atomic E-state index is 5.28. The second kappa shape index (κ2) is 6.28. The topological polar surface area (TPSA) is 21.3 Å². The van der Waals surface area contributed by atoms with Crippen molar-refractivity contribution in [3.8, 4) is 0 Å². The Bertz CT molecular complexity index is 441. The van der Waals surface area contributed by atoms with Crippen LogP contribution in [0.1, 0.15) is 49.7 Å². The quantitative estimate of drug-likeness (QED) is 0.768. The molecule has 1 fully saturated rings. The molecule has 110 valence electrons. The lowest BCUT2D eigenvalue weighted by Crippen LogP contribution is -2.42. The van der Waals surface area contributed by atoms with E-state index < -0.39 is 0 Å². The van der Waals surface area contributed by atoms with Crippen LogP contribution in [-0.2, 0) is 16.6 Å². The largest absolute Gasteiger partial charge is 0.385 e. The van der Waals surface area contributed by atoms with Crippen molar-refractivity contribution in [2.75, 3.05) is 20.3 Å². The lowest BCUT2D eigenvalue weighted by atomic mass is 9.67. The minimum Gasteiger partial charge on any atom is -0.385 e. The summed E-state index contributed by atoms with van der Waals surface area (Å²) in [4.78, 5) is 0. The van der Waals surface area contributed by atoms with Gasteiger partial charge in [0.1, 0.15) is 0 Å². The highest BCUT2D eigenvalue weighted by Crippen LogP contribution is 2.41. The molecule has 0 bridgehead atoms. The summed E-state index contributed by atoms with van der Waals surface area (Å²) >= 11 is 0. The summed E-state index contributed by atoms with van der Waals surface area (Å²) < 4.78 is 5.28. The van der Waals surface area contributed by atoms with E-state index in [0.717, 1.165) is 25.6 Å². The highest BCUT2D eigenvalue weighted by molar-refractivity contribution is 5.37. The third-order valence-corrected chi connectivity index (χ3v) is 5.00. The van der Waals surface area contributed by atoms with E-state index in [-0.39, 0.29) is 0 Å². The zero-order valence-electron chi connectivity index (χ0n) is 12.7. The van der Waals surface area contributed by atoms with Gasteiger partial charge in [-0.2, -0.15) is 0 Å². The first kappa shape index (κ1) is 14.1. The molecule has 1 N–H and O–H groups in total. The van der Waals surface area contributed by atoms with E-state index in [1.54, 1.807) is 11.1 Å². The Balaban J connectivity index is 1.80. The molecule has 3 rings (SSSR count). The number of rotatable bonds is 7. The normalized spacial score (nSPS) is 25.4. The minimum absolute atomic E-state index is 0.343. The van der Waals surface area contributed by atoms with Crippen molar-refractivity contribution < 1.29 is 4.74 Å². The van der Waals surface area contributed by atoms with Gasteiger partial charge in [0.15, 0.2) is 0 Å². The summed E-state index contributed by atoms with van der Waals surface area (Å²) in [5, 5.41) is 3.79. The van der Waals surface area contributed by atoms with Gasteiger partial charge in [0.25, 0.3) is 0 Å². The van der Waals surface area contributed by atoms with Crippen LogP contribution in [0.25, 0.3) is 0 Å². The smallest absolute Gasteiger partial charge is 0.0462 e. The molecule has 1 saturated carbocycles. The van der Waals surface area contributed by atoms with Crippen LogP contribution in [-0.4, -0.2) is 26.3 Å². The molecule has 0 saturated heterocycles. The fourth-order valence-electron chi connectivity index (χ4n) is 3.72. The standard InChI is InChI=1S/C18H27NO/c1-20-13-5-12-18(14-19-16-9-10-16)11-4-7-15-6-2-3-8-17(15)18/h2-3,6,8,16,19H,4-5,7,9-14H2,1H3. The Morgan fingerprint density at radius 3 is 2.95 bits per heavy atom. The molecule has 2 aliphatic rings. The molecular formula is C18H27NO. The van der Waals surface area contributed by atoms with Gasteiger partial charge in [0.05, 0.1) is 0 Å². The predicted octanol–water partition coefficient (Wildman–Crippen LogP) is 3.44. The summed E-state index contributed by atoms with van der Waals surface area (Å²) in [5.41, 5.74) is 3.53. The molecule has 2 heteroatoms. The molecule has 0 amide bonds. The van der Waals surface area contributed by atoms with E-state index >= 15 is 0 Å². The van der Waals surface area contributed by atoms with E-state index in [0.29, 0.717) is 5.41 Å². The first-order valence-corrected chi connectivity index (χ1v) is 8.15. The van der Waals surface area contributed by atoms with Crippen LogP contribution in [0.4, 0.5) is 0 Å². The highest BCUT2D eigenvalue weighted by Gasteiger charge is 2.37. The molecule has 1 aromatic rings. The molecule has 0 spiro atoms. The molecule has 1 aromatic carbocycles. The fourth-order valence-corrected chi connectivity index (χ4v) is 3.72. The Morgan fingerprint density at radius 2 is 2.15 bits per heavy atom. The van der Waals surface area contributed by atoms with Crippen LogP contribution in [0.5, 0.6) is 0 Å². The van der Waals surface area contributed by atoms with Gasteiger partial charge >= 0.3 is 0 Å². The van der Waals surface area contributed by atoms with Crippen molar-refractivity contribution in [3.63, 3.8) is 0 Å². The van der Waals surface area contributed by atoms with Gasteiger partial charge in [-0.05, 0) is 56.1 Å². The monoisotopic (exact) mass is 273 g/mol. The fraction of sp³-hybridized carbons (Fsp3) is 0.667. The van der Waals surface area contributed by atoms with Gasteiger partial charge in [-0.1, -0.05) is 24.3 Å². The molecule has 0 radical (unpaired) electrons. The SMILES string of the molecule is COCCCC1(CNC2CC2)CCCc2ccccc21. The molecular weight excluding hydrogens is 246 g/mol. The third kappa shape index (κ3) is 3.07. The van der Waals surface area contributed by atoms with Crippen LogP contribution in [0.3, 0.4) is 0 Å². The van der Waals surface area contributed by atoms with Crippen LogP contribution >= 0.6 is 0 Å². The van der Waals surface area contributed by atoms with Crippen LogP contribution in [0.2, 0.25) is 0 Å². The lowest BCUT2D eigenvalue weighted by molar-refractivity contribution is 0.177. The number of benzene rings is 1. The summed E-state index contributed by atoms with van der Waals surface area (Å²) in [7, 11) is 1.81. The number of aryl methyl sites for hydroxylation is 1. The summed E-state index contributed by atoms with van der Waals surface area (Å²) in [6.45, 7) is 2.03. The van der Waals surface area contributed by atoms with Gasteiger partial charge in [-0.15, -0.1) is 0 Å². The highest BCUT2D eigenvalue weighted by atomic mass is 16.5. The van der Waals surface area contributed by atoms with Crippen molar-refractivity contribution in [1.82, 2.24) is 5.32 Å². The Morgan fingerprint density at radius 1 is 1.30 bits per heavy atom. The number of methoxy groups -OCH3 is 1. The van der Waals surface area contributed by atoms with E-state index in [9.17, 15) is 0 Å². The van der Waals surface area contributed by atoms with E-state index in [1.165, 1.54) is 38.5 Å². The van der Waals surface area contributed by atoms with Crippen molar-refractivity contribution in [2.24, 2.45) is 0 Å². The second-order valence-electron chi connectivity index (χ2n) is 6.54. The van der Waals surface area contributed by atoms with Gasteiger partial charge in [-0.3, -0.25) is 0 Å². The van der Waals surface area contributed by atoms with Crippen molar-refractivity contribution in [1.29, 1.82) is 0 Å². The average molecular weight is 273 g/mol. The van der Waals surface area contributed by atoms with Crippen molar-refractivity contribution in [3.05, 3.63) is 35.4 Å². The lowest BCUT2D eigenvalue weighted by Gasteiger charge is -2.40. The van der Waals surface area contributed by atoms with E-state index in [4.69, 9.17) is 4.74 Å². The Kier molecular flexibility index (Phi) is 4.42.